The number of nitrogens with zero attached hydrogens (tertiary/aromatic N) is 1. The molecule has 1 aromatic heterocycles. The Bertz CT molecular complexity index is 688. The second kappa shape index (κ2) is 8.15. The van der Waals surface area contributed by atoms with Gasteiger partial charge in [-0.05, 0) is 55.5 Å². The normalized spacial score (nSPS) is 10.8. The van der Waals surface area contributed by atoms with E-state index in [9.17, 15) is 4.79 Å². The molecule has 1 aromatic carbocycles. The molecule has 0 radical (unpaired) electrons. The molecule has 2 N–H and O–H groups in total. The Morgan fingerprint density at radius 2 is 2.00 bits per heavy atom. The Kier molecular flexibility index (Phi) is 6.21. The molecule has 2 rings (SSSR count). The van der Waals surface area contributed by atoms with E-state index in [1.807, 2.05) is 32.0 Å². The van der Waals surface area contributed by atoms with Gasteiger partial charge in [-0.2, -0.15) is 0 Å². The maximum absolute atomic E-state index is 12.4. The molecule has 0 saturated carbocycles. The van der Waals surface area contributed by atoms with E-state index in [0.29, 0.717) is 22.3 Å². The Hall–Kier alpha value is -2.07. The molecule has 1 heterocycles. The summed E-state index contributed by atoms with van der Waals surface area (Å²) in [7, 11) is 0. The van der Waals surface area contributed by atoms with Crippen molar-refractivity contribution in [1.29, 1.82) is 0 Å². The van der Waals surface area contributed by atoms with E-state index in [4.69, 9.17) is 11.6 Å². The van der Waals surface area contributed by atoms with Gasteiger partial charge in [-0.25, -0.2) is 4.98 Å². The number of aromatic nitrogens is 1. The molecule has 24 heavy (non-hydrogen) atoms. The van der Waals surface area contributed by atoms with Crippen LogP contribution >= 0.6 is 11.6 Å². The Balaban J connectivity index is 2.03. The van der Waals surface area contributed by atoms with Crippen LogP contribution < -0.4 is 10.6 Å². The first-order valence-electron chi connectivity index (χ1n) is 8.15. The summed E-state index contributed by atoms with van der Waals surface area (Å²) in [6, 6.07) is 7.40. The number of rotatable bonds is 6. The number of hydrogen-bond acceptors (Lipinski definition) is 3. The lowest BCUT2D eigenvalue weighted by Gasteiger charge is -2.12. The molecule has 0 atom stereocenters. The third-order valence-electron chi connectivity index (χ3n) is 3.72. The zero-order valence-corrected chi connectivity index (χ0v) is 15.4. The molecule has 4 nitrogen and oxygen atoms in total. The predicted octanol–water partition coefficient (Wildman–Crippen LogP) is 5.06. The molecule has 5 heteroatoms. The van der Waals surface area contributed by atoms with Crippen LogP contribution in [0.25, 0.3) is 0 Å². The van der Waals surface area contributed by atoms with Gasteiger partial charge in [-0.1, -0.05) is 31.5 Å². The van der Waals surface area contributed by atoms with E-state index in [0.717, 1.165) is 29.8 Å². The molecule has 0 aliphatic rings. The molecule has 0 bridgehead atoms. The molecule has 1 amide bonds. The second-order valence-electron chi connectivity index (χ2n) is 6.43. The molecule has 0 unspecified atom stereocenters. The predicted molar refractivity (Wildman–Crippen MR) is 101 cm³/mol. The van der Waals surface area contributed by atoms with Crippen LogP contribution in [-0.2, 0) is 0 Å². The molecule has 0 spiro atoms. The van der Waals surface area contributed by atoms with E-state index in [1.54, 1.807) is 12.3 Å². The molecule has 0 saturated heterocycles. The summed E-state index contributed by atoms with van der Waals surface area (Å²) in [6.07, 6.45) is 2.77. The summed E-state index contributed by atoms with van der Waals surface area (Å²) in [5.41, 5.74) is 3.90. The van der Waals surface area contributed by atoms with Gasteiger partial charge in [0.15, 0.2) is 0 Å². The van der Waals surface area contributed by atoms with Crippen LogP contribution in [0, 0.1) is 19.8 Å². The number of benzene rings is 1. The van der Waals surface area contributed by atoms with Gasteiger partial charge in [0.1, 0.15) is 5.69 Å². The summed E-state index contributed by atoms with van der Waals surface area (Å²) in [5.74, 6) is 0.385. The number of aryl methyl sites for hydroxylation is 2. The van der Waals surface area contributed by atoms with Gasteiger partial charge < -0.3 is 10.6 Å². The van der Waals surface area contributed by atoms with Crippen molar-refractivity contribution < 1.29 is 4.79 Å². The van der Waals surface area contributed by atoms with Crippen LogP contribution in [0.3, 0.4) is 0 Å². The maximum Gasteiger partial charge on any atom is 0.274 e. The molecule has 2 aromatic rings. The molecule has 128 valence electrons. The average Bonchev–Trinajstić information content (AvgIpc) is 2.51. The number of amides is 1. The van der Waals surface area contributed by atoms with Crippen molar-refractivity contribution in [2.45, 2.75) is 34.1 Å². The van der Waals surface area contributed by atoms with E-state index in [-0.39, 0.29) is 5.91 Å². The van der Waals surface area contributed by atoms with Crippen LogP contribution in [0.4, 0.5) is 11.4 Å². The smallest absolute Gasteiger partial charge is 0.274 e. The topological polar surface area (TPSA) is 54.0 Å². The van der Waals surface area contributed by atoms with Crippen molar-refractivity contribution in [3.8, 4) is 0 Å². The summed E-state index contributed by atoms with van der Waals surface area (Å²) in [5, 5.41) is 6.68. The van der Waals surface area contributed by atoms with E-state index in [1.165, 1.54) is 0 Å². The fraction of sp³-hybridized carbons (Fsp3) is 0.368. The molecular formula is C19H24ClN3O. The molecule has 0 aliphatic carbocycles. The monoisotopic (exact) mass is 345 g/mol. The minimum atomic E-state index is -0.266. The van der Waals surface area contributed by atoms with Crippen molar-refractivity contribution in [1.82, 2.24) is 4.98 Å². The van der Waals surface area contributed by atoms with Gasteiger partial charge in [-0.3, -0.25) is 4.79 Å². The second-order valence-corrected chi connectivity index (χ2v) is 6.84. The molecular weight excluding hydrogens is 322 g/mol. The number of pyridine rings is 1. The minimum Gasteiger partial charge on any atom is -0.384 e. The third-order valence-corrected chi connectivity index (χ3v) is 4.02. The van der Waals surface area contributed by atoms with Crippen LogP contribution in [0.15, 0.2) is 30.5 Å². The number of carbonyl (C=O) groups is 1. The van der Waals surface area contributed by atoms with Gasteiger partial charge >= 0.3 is 0 Å². The van der Waals surface area contributed by atoms with Crippen LogP contribution in [-0.4, -0.2) is 17.4 Å². The van der Waals surface area contributed by atoms with Crippen molar-refractivity contribution in [3.63, 3.8) is 0 Å². The number of hydrogen-bond donors (Lipinski definition) is 2. The number of nitrogens with one attached hydrogen (secondary N) is 2. The van der Waals surface area contributed by atoms with Crippen molar-refractivity contribution in [2.75, 3.05) is 17.2 Å². The molecule has 0 fully saturated rings. The van der Waals surface area contributed by atoms with E-state index in [2.05, 4.69) is 29.5 Å². The zero-order valence-electron chi connectivity index (χ0n) is 14.6. The fourth-order valence-electron chi connectivity index (χ4n) is 2.39. The Morgan fingerprint density at radius 3 is 2.58 bits per heavy atom. The first kappa shape index (κ1) is 18.3. The first-order valence-corrected chi connectivity index (χ1v) is 8.52. The maximum atomic E-state index is 12.4. The van der Waals surface area contributed by atoms with Gasteiger partial charge in [0.05, 0.1) is 22.6 Å². The van der Waals surface area contributed by atoms with Gasteiger partial charge in [0.2, 0.25) is 0 Å². The third kappa shape index (κ3) is 4.96. The van der Waals surface area contributed by atoms with Gasteiger partial charge in [0.25, 0.3) is 5.91 Å². The largest absolute Gasteiger partial charge is 0.384 e. The van der Waals surface area contributed by atoms with Crippen LogP contribution in [0.5, 0.6) is 0 Å². The summed E-state index contributed by atoms with van der Waals surface area (Å²) in [4.78, 5) is 16.6. The van der Waals surface area contributed by atoms with Crippen molar-refractivity contribution in [2.24, 2.45) is 5.92 Å². The average molecular weight is 346 g/mol. The Labute approximate surface area is 148 Å². The van der Waals surface area contributed by atoms with Crippen LogP contribution in [0.2, 0.25) is 5.02 Å². The fourth-order valence-corrected chi connectivity index (χ4v) is 2.76. The highest BCUT2D eigenvalue weighted by molar-refractivity contribution is 6.34. The lowest BCUT2D eigenvalue weighted by atomic mass is 10.1. The quantitative estimate of drug-likeness (QED) is 0.769. The highest BCUT2D eigenvalue weighted by atomic mass is 35.5. The SMILES string of the molecule is Cc1cc(C)c(NC(=O)c2ccc(NCCC(C)C)cn2)c(Cl)c1. The number of halogens is 1. The lowest BCUT2D eigenvalue weighted by molar-refractivity contribution is 0.102. The van der Waals surface area contributed by atoms with E-state index < -0.39 is 0 Å². The highest BCUT2D eigenvalue weighted by Crippen LogP contribution is 2.27. The minimum absolute atomic E-state index is 0.266. The summed E-state index contributed by atoms with van der Waals surface area (Å²) < 4.78 is 0. The number of carbonyl (C=O) groups excluding carboxylic acids is 1. The number of anilines is 2. The van der Waals surface area contributed by atoms with Crippen LogP contribution in [0.1, 0.15) is 41.9 Å². The summed E-state index contributed by atoms with van der Waals surface area (Å²) >= 11 is 6.23. The van der Waals surface area contributed by atoms with E-state index >= 15 is 0 Å². The summed E-state index contributed by atoms with van der Waals surface area (Å²) in [6.45, 7) is 9.15. The van der Waals surface area contributed by atoms with Crippen molar-refractivity contribution >= 4 is 28.9 Å². The highest BCUT2D eigenvalue weighted by Gasteiger charge is 2.12. The van der Waals surface area contributed by atoms with Crippen molar-refractivity contribution in [3.05, 3.63) is 52.3 Å². The molecule has 0 aliphatic heterocycles. The van der Waals surface area contributed by atoms with Gasteiger partial charge in [-0.15, -0.1) is 0 Å². The lowest BCUT2D eigenvalue weighted by Crippen LogP contribution is -2.15. The van der Waals surface area contributed by atoms with Gasteiger partial charge in [0, 0.05) is 6.54 Å². The standard InChI is InChI=1S/C19H24ClN3O/c1-12(2)7-8-21-15-5-6-17(22-11-15)19(24)23-18-14(4)9-13(3)10-16(18)20/h5-6,9-12,21H,7-8H2,1-4H3,(H,23,24). The zero-order chi connectivity index (χ0) is 17.7. The first-order chi connectivity index (χ1) is 11.4. The Morgan fingerprint density at radius 1 is 1.25 bits per heavy atom.